The second kappa shape index (κ2) is 3.85. The van der Waals surface area contributed by atoms with E-state index < -0.39 is 0 Å². The second-order valence-corrected chi connectivity index (χ2v) is 4.73. The first kappa shape index (κ1) is 11.4. The molecule has 0 aromatic heterocycles. The van der Waals surface area contributed by atoms with E-state index in [9.17, 15) is 4.79 Å². The molecule has 14 heavy (non-hydrogen) atoms. The SMILES string of the molecule is CCC1(CC=O)C=CC(NC)C1(C)C. The first-order valence-electron chi connectivity index (χ1n) is 5.34. The van der Waals surface area contributed by atoms with Gasteiger partial charge in [0.25, 0.3) is 0 Å². The van der Waals surface area contributed by atoms with Crippen molar-refractivity contribution in [3.05, 3.63) is 12.2 Å². The van der Waals surface area contributed by atoms with Gasteiger partial charge < -0.3 is 10.1 Å². The highest BCUT2D eigenvalue weighted by Gasteiger charge is 2.48. The molecule has 0 amide bonds. The Kier molecular flexibility index (Phi) is 3.15. The molecule has 0 bridgehead atoms. The number of carbonyl (C=O) groups excluding carboxylic acids is 1. The van der Waals surface area contributed by atoms with Gasteiger partial charge in [-0.1, -0.05) is 32.9 Å². The van der Waals surface area contributed by atoms with E-state index in [0.29, 0.717) is 12.5 Å². The molecule has 2 nitrogen and oxygen atoms in total. The quantitative estimate of drug-likeness (QED) is 0.550. The van der Waals surface area contributed by atoms with Gasteiger partial charge in [0.05, 0.1) is 0 Å². The Labute approximate surface area is 86.8 Å². The Hall–Kier alpha value is -0.630. The third kappa shape index (κ3) is 1.42. The van der Waals surface area contributed by atoms with Crippen LogP contribution >= 0.6 is 0 Å². The zero-order valence-electron chi connectivity index (χ0n) is 9.63. The van der Waals surface area contributed by atoms with Crippen molar-refractivity contribution in [2.24, 2.45) is 10.8 Å². The van der Waals surface area contributed by atoms with Gasteiger partial charge in [0.1, 0.15) is 6.29 Å². The zero-order valence-corrected chi connectivity index (χ0v) is 9.63. The van der Waals surface area contributed by atoms with Gasteiger partial charge >= 0.3 is 0 Å². The predicted octanol–water partition coefficient (Wildman–Crippen LogP) is 2.16. The summed E-state index contributed by atoms with van der Waals surface area (Å²) in [6.07, 6.45) is 7.13. The van der Waals surface area contributed by atoms with E-state index in [1.165, 1.54) is 0 Å². The van der Waals surface area contributed by atoms with Crippen molar-refractivity contribution in [3.8, 4) is 0 Å². The largest absolute Gasteiger partial charge is 0.313 e. The fraction of sp³-hybridized carbons (Fsp3) is 0.750. The lowest BCUT2D eigenvalue weighted by Crippen LogP contribution is -2.45. The highest BCUT2D eigenvalue weighted by atomic mass is 16.1. The van der Waals surface area contributed by atoms with Crippen molar-refractivity contribution in [2.75, 3.05) is 7.05 Å². The molecule has 1 N–H and O–H groups in total. The molecule has 0 saturated carbocycles. The molecule has 0 saturated heterocycles. The Morgan fingerprint density at radius 3 is 2.50 bits per heavy atom. The van der Waals surface area contributed by atoms with Crippen LogP contribution in [-0.4, -0.2) is 19.4 Å². The molecule has 0 radical (unpaired) electrons. The standard InChI is InChI=1S/C12H21NO/c1-5-12(8-9-14)7-6-10(13-4)11(12,2)3/h6-7,9-10,13H,5,8H2,1-4H3. The molecular weight excluding hydrogens is 174 g/mol. The smallest absolute Gasteiger partial charge is 0.120 e. The van der Waals surface area contributed by atoms with Crippen molar-refractivity contribution < 1.29 is 4.79 Å². The summed E-state index contributed by atoms with van der Waals surface area (Å²) in [5.41, 5.74) is 0.167. The van der Waals surface area contributed by atoms with Crippen LogP contribution in [-0.2, 0) is 4.79 Å². The van der Waals surface area contributed by atoms with Crippen molar-refractivity contribution in [1.29, 1.82) is 0 Å². The Morgan fingerprint density at radius 2 is 2.14 bits per heavy atom. The minimum absolute atomic E-state index is 0.0441. The van der Waals surface area contributed by atoms with E-state index in [1.54, 1.807) is 0 Å². The van der Waals surface area contributed by atoms with Crippen LogP contribution in [0.2, 0.25) is 0 Å². The third-order valence-corrected chi connectivity index (χ3v) is 4.06. The summed E-state index contributed by atoms with van der Waals surface area (Å²) in [6.45, 7) is 6.63. The molecule has 0 aromatic rings. The van der Waals surface area contributed by atoms with E-state index in [2.05, 4.69) is 38.2 Å². The molecule has 0 heterocycles. The summed E-state index contributed by atoms with van der Waals surface area (Å²) in [4.78, 5) is 10.8. The van der Waals surface area contributed by atoms with Crippen LogP contribution in [0.4, 0.5) is 0 Å². The van der Waals surface area contributed by atoms with Gasteiger partial charge in [-0.3, -0.25) is 0 Å². The normalized spacial score (nSPS) is 34.7. The lowest BCUT2D eigenvalue weighted by atomic mass is 9.63. The van der Waals surface area contributed by atoms with E-state index >= 15 is 0 Å². The monoisotopic (exact) mass is 195 g/mol. The summed E-state index contributed by atoms with van der Waals surface area (Å²) in [7, 11) is 1.98. The number of carbonyl (C=O) groups is 1. The minimum atomic E-state index is 0.0441. The lowest BCUT2D eigenvalue weighted by Gasteiger charge is -2.43. The highest BCUT2D eigenvalue weighted by Crippen LogP contribution is 2.52. The number of likely N-dealkylation sites (N-methyl/N-ethyl adjacent to an activating group) is 1. The molecule has 0 fully saturated rings. The topological polar surface area (TPSA) is 29.1 Å². The molecule has 0 aromatic carbocycles. The van der Waals surface area contributed by atoms with E-state index in [1.807, 2.05) is 7.05 Å². The van der Waals surface area contributed by atoms with Crippen molar-refractivity contribution in [1.82, 2.24) is 5.32 Å². The maximum absolute atomic E-state index is 10.8. The number of hydrogen-bond donors (Lipinski definition) is 1. The average Bonchev–Trinajstić information content (AvgIpc) is 2.39. The maximum atomic E-state index is 10.8. The van der Waals surface area contributed by atoms with Gasteiger partial charge in [-0.15, -0.1) is 0 Å². The van der Waals surface area contributed by atoms with E-state index in [4.69, 9.17) is 0 Å². The molecule has 2 atom stereocenters. The molecule has 0 spiro atoms. The highest BCUT2D eigenvalue weighted by molar-refractivity contribution is 5.53. The first-order valence-corrected chi connectivity index (χ1v) is 5.34. The summed E-state index contributed by atoms with van der Waals surface area (Å²) in [6, 6.07) is 0.377. The number of allylic oxidation sites excluding steroid dienone is 1. The molecule has 1 aliphatic carbocycles. The summed E-state index contributed by atoms with van der Waals surface area (Å²) in [5.74, 6) is 0. The van der Waals surface area contributed by atoms with Gasteiger partial charge in [0, 0.05) is 17.9 Å². The lowest BCUT2D eigenvalue weighted by molar-refractivity contribution is -0.110. The van der Waals surface area contributed by atoms with Crippen LogP contribution in [0.3, 0.4) is 0 Å². The minimum Gasteiger partial charge on any atom is -0.313 e. The third-order valence-electron chi connectivity index (χ3n) is 4.06. The molecule has 2 unspecified atom stereocenters. The number of aldehydes is 1. The van der Waals surface area contributed by atoms with Crippen molar-refractivity contribution >= 4 is 6.29 Å². The van der Waals surface area contributed by atoms with Gasteiger partial charge in [0.15, 0.2) is 0 Å². The average molecular weight is 195 g/mol. The fourth-order valence-electron chi connectivity index (χ4n) is 2.70. The van der Waals surface area contributed by atoms with Crippen molar-refractivity contribution in [2.45, 2.75) is 39.7 Å². The molecular formula is C12H21NO. The van der Waals surface area contributed by atoms with Gasteiger partial charge in [-0.2, -0.15) is 0 Å². The van der Waals surface area contributed by atoms with Crippen LogP contribution in [0.25, 0.3) is 0 Å². The zero-order chi connectivity index (χ0) is 10.8. The Balaban J connectivity index is 2.99. The van der Waals surface area contributed by atoms with Crippen LogP contribution < -0.4 is 5.32 Å². The van der Waals surface area contributed by atoms with Gasteiger partial charge in [0.2, 0.25) is 0 Å². The van der Waals surface area contributed by atoms with Gasteiger partial charge in [-0.25, -0.2) is 0 Å². The Morgan fingerprint density at radius 1 is 1.50 bits per heavy atom. The summed E-state index contributed by atoms with van der Waals surface area (Å²) < 4.78 is 0. The van der Waals surface area contributed by atoms with Crippen LogP contribution in [0.15, 0.2) is 12.2 Å². The van der Waals surface area contributed by atoms with Gasteiger partial charge in [-0.05, 0) is 18.9 Å². The predicted molar refractivity (Wildman–Crippen MR) is 59.2 cm³/mol. The number of hydrogen-bond acceptors (Lipinski definition) is 2. The van der Waals surface area contributed by atoms with Crippen molar-refractivity contribution in [3.63, 3.8) is 0 Å². The van der Waals surface area contributed by atoms with E-state index in [0.717, 1.165) is 12.7 Å². The number of nitrogens with one attached hydrogen (secondary N) is 1. The fourth-order valence-corrected chi connectivity index (χ4v) is 2.70. The maximum Gasteiger partial charge on any atom is 0.120 e. The second-order valence-electron chi connectivity index (χ2n) is 4.73. The van der Waals surface area contributed by atoms with Crippen LogP contribution in [0, 0.1) is 10.8 Å². The molecule has 2 heteroatoms. The molecule has 1 rings (SSSR count). The molecule has 1 aliphatic rings. The van der Waals surface area contributed by atoms with Crippen LogP contribution in [0.1, 0.15) is 33.6 Å². The Bertz CT molecular complexity index is 245. The van der Waals surface area contributed by atoms with Crippen LogP contribution in [0.5, 0.6) is 0 Å². The molecule has 0 aliphatic heterocycles. The van der Waals surface area contributed by atoms with E-state index in [-0.39, 0.29) is 10.8 Å². The summed E-state index contributed by atoms with van der Waals surface area (Å²) in [5, 5.41) is 3.30. The number of rotatable bonds is 4. The first-order chi connectivity index (χ1) is 6.54. The molecule has 80 valence electrons. The summed E-state index contributed by atoms with van der Waals surface area (Å²) >= 11 is 0.